The summed E-state index contributed by atoms with van der Waals surface area (Å²) in [7, 11) is -2.40. The predicted octanol–water partition coefficient (Wildman–Crippen LogP) is 2.17. The van der Waals surface area contributed by atoms with Gasteiger partial charge < -0.3 is 4.74 Å². The highest BCUT2D eigenvalue weighted by atomic mass is 16.5. The molecular weight excluding hydrogens is 164 g/mol. The summed E-state index contributed by atoms with van der Waals surface area (Å²) in [6, 6.07) is 0. The zero-order valence-corrected chi connectivity index (χ0v) is 8.22. The summed E-state index contributed by atoms with van der Waals surface area (Å²) in [5.41, 5.74) is -0.862. The lowest BCUT2D eigenvalue weighted by atomic mass is 9.55. The van der Waals surface area contributed by atoms with E-state index in [1.54, 1.807) is 0 Å². The lowest BCUT2D eigenvalue weighted by molar-refractivity contribution is -0.164. The number of Topliss-reactive ketones (excluding diaryl/α,β-unsaturated/α-hetero) is 1. The topological polar surface area (TPSA) is 26.3 Å². The van der Waals surface area contributed by atoms with E-state index in [9.17, 15) is 4.79 Å². The fraction of sp³-hybridized carbons (Fsp3) is 0.909. The van der Waals surface area contributed by atoms with E-state index < -0.39 is 12.6 Å². The number of fused-ring (bicyclic) bond motifs is 3. The quantitative estimate of drug-likeness (QED) is 0.626. The zero-order valence-electron chi connectivity index (χ0n) is 11.2. The van der Waals surface area contributed by atoms with Crippen molar-refractivity contribution in [3.8, 4) is 0 Å². The number of ketones is 1. The summed E-state index contributed by atoms with van der Waals surface area (Å²) < 4.78 is 26.9. The molecule has 13 heavy (non-hydrogen) atoms. The standard InChI is InChI=1S/C11H18O2/c1-10(2)7-11(13-3)5-4-8(10)9(12)6-11/h8H,4-7H2,1-3H3/t8-,11-/m1/s1/i3D3. The van der Waals surface area contributed by atoms with E-state index >= 15 is 0 Å². The van der Waals surface area contributed by atoms with Crippen LogP contribution in [0, 0.1) is 11.3 Å². The van der Waals surface area contributed by atoms with E-state index in [-0.39, 0.29) is 23.5 Å². The normalized spacial score (nSPS) is 46.8. The molecule has 0 spiro atoms. The minimum Gasteiger partial charge on any atom is -0.378 e. The number of carbonyl (C=O) groups excluding carboxylic acids is 1. The first kappa shape index (κ1) is 6.18. The molecular formula is C11H18O2. The van der Waals surface area contributed by atoms with Crippen LogP contribution >= 0.6 is 0 Å². The Hall–Kier alpha value is -0.370. The van der Waals surface area contributed by atoms with Gasteiger partial charge in [0.05, 0.1) is 9.71 Å². The SMILES string of the molecule is [2H]C([2H])([2H])O[C@]12CC[C@H](C(=O)C1)C(C)(C)C2. The number of hydrogen-bond acceptors (Lipinski definition) is 2. The molecule has 0 radical (unpaired) electrons. The van der Waals surface area contributed by atoms with Crippen molar-refractivity contribution in [1.29, 1.82) is 0 Å². The molecule has 3 fully saturated rings. The van der Waals surface area contributed by atoms with E-state index in [1.807, 2.05) is 13.8 Å². The lowest BCUT2D eigenvalue weighted by Crippen LogP contribution is -2.54. The van der Waals surface area contributed by atoms with E-state index in [2.05, 4.69) is 0 Å². The van der Waals surface area contributed by atoms with Crippen LogP contribution in [-0.2, 0) is 9.53 Å². The molecule has 0 aromatic rings. The van der Waals surface area contributed by atoms with Crippen molar-refractivity contribution >= 4 is 5.78 Å². The molecule has 2 atom stereocenters. The van der Waals surface area contributed by atoms with Gasteiger partial charge in [-0.1, -0.05) is 13.8 Å². The maximum absolute atomic E-state index is 11.9. The fourth-order valence-electron chi connectivity index (χ4n) is 3.15. The van der Waals surface area contributed by atoms with Crippen molar-refractivity contribution < 1.29 is 13.6 Å². The summed E-state index contributed by atoms with van der Waals surface area (Å²) >= 11 is 0. The second-order valence-corrected chi connectivity index (χ2v) is 5.18. The van der Waals surface area contributed by atoms with Crippen LogP contribution in [0.4, 0.5) is 0 Å². The fourth-order valence-corrected chi connectivity index (χ4v) is 3.15. The molecule has 0 heterocycles. The molecule has 74 valence electrons. The Morgan fingerprint density at radius 2 is 2.38 bits per heavy atom. The van der Waals surface area contributed by atoms with Gasteiger partial charge in [-0.15, -0.1) is 0 Å². The molecule has 0 aromatic heterocycles. The van der Waals surface area contributed by atoms with Crippen LogP contribution < -0.4 is 0 Å². The van der Waals surface area contributed by atoms with E-state index in [4.69, 9.17) is 8.85 Å². The molecule has 0 N–H and O–H groups in total. The van der Waals surface area contributed by atoms with Crippen molar-refractivity contribution in [2.75, 3.05) is 7.04 Å². The monoisotopic (exact) mass is 185 g/mol. The van der Waals surface area contributed by atoms with Gasteiger partial charge in [0.1, 0.15) is 5.78 Å². The van der Waals surface area contributed by atoms with Gasteiger partial charge in [-0.25, -0.2) is 0 Å². The van der Waals surface area contributed by atoms with Gasteiger partial charge in [0, 0.05) is 19.4 Å². The Bertz CT molecular complexity index is 318. The Morgan fingerprint density at radius 3 is 2.92 bits per heavy atom. The Morgan fingerprint density at radius 1 is 1.62 bits per heavy atom. The third kappa shape index (κ3) is 1.23. The molecule has 0 amide bonds. The highest BCUT2D eigenvalue weighted by molar-refractivity contribution is 5.84. The second-order valence-electron chi connectivity index (χ2n) is 5.18. The van der Waals surface area contributed by atoms with Crippen LogP contribution in [0.2, 0.25) is 0 Å². The Balaban J connectivity index is 2.25. The number of rotatable bonds is 1. The maximum Gasteiger partial charge on any atom is 0.139 e. The summed E-state index contributed by atoms with van der Waals surface area (Å²) in [4.78, 5) is 11.9. The van der Waals surface area contributed by atoms with Gasteiger partial charge in [0.2, 0.25) is 0 Å². The molecule has 0 saturated heterocycles. The van der Waals surface area contributed by atoms with Crippen LogP contribution in [0.1, 0.15) is 43.6 Å². The zero-order chi connectivity index (χ0) is 12.2. The summed E-state index contributed by atoms with van der Waals surface area (Å²) in [6.45, 7) is 4.07. The van der Waals surface area contributed by atoms with Crippen molar-refractivity contribution in [3.05, 3.63) is 0 Å². The third-order valence-corrected chi connectivity index (χ3v) is 3.71. The van der Waals surface area contributed by atoms with Crippen LogP contribution in [0.15, 0.2) is 0 Å². The maximum atomic E-state index is 11.9. The predicted molar refractivity (Wildman–Crippen MR) is 50.5 cm³/mol. The largest absolute Gasteiger partial charge is 0.378 e. The molecule has 2 heteroatoms. The highest BCUT2D eigenvalue weighted by Crippen LogP contribution is 2.53. The second kappa shape index (κ2) is 2.57. The minimum atomic E-state index is -2.40. The average molecular weight is 185 g/mol. The summed E-state index contributed by atoms with van der Waals surface area (Å²) in [5.74, 6) is 0.265. The number of carbonyl (C=O) groups is 1. The number of methoxy groups -OCH3 is 1. The van der Waals surface area contributed by atoms with E-state index in [1.165, 1.54) is 0 Å². The van der Waals surface area contributed by atoms with Crippen molar-refractivity contribution in [3.63, 3.8) is 0 Å². The van der Waals surface area contributed by atoms with Gasteiger partial charge in [-0.2, -0.15) is 0 Å². The highest BCUT2D eigenvalue weighted by Gasteiger charge is 2.54. The van der Waals surface area contributed by atoms with E-state index in [0.29, 0.717) is 12.8 Å². The first-order valence-corrected chi connectivity index (χ1v) is 4.87. The number of hydrogen-bond donors (Lipinski definition) is 0. The first-order valence-electron chi connectivity index (χ1n) is 6.37. The summed E-state index contributed by atoms with van der Waals surface area (Å²) in [6.07, 6.45) is 2.42. The first-order chi connectivity index (χ1) is 7.14. The molecule has 2 bridgehead atoms. The molecule has 3 aliphatic rings. The van der Waals surface area contributed by atoms with Gasteiger partial charge in [0.15, 0.2) is 0 Å². The van der Waals surface area contributed by atoms with Gasteiger partial charge in [-0.3, -0.25) is 4.79 Å². The Labute approximate surface area is 83.9 Å². The molecule has 0 unspecified atom stereocenters. The van der Waals surface area contributed by atoms with E-state index in [0.717, 1.165) is 6.42 Å². The van der Waals surface area contributed by atoms with Gasteiger partial charge >= 0.3 is 0 Å². The average Bonchev–Trinajstić information content (AvgIpc) is 1.95. The summed E-state index contributed by atoms with van der Waals surface area (Å²) in [5, 5.41) is 0. The molecule has 0 aliphatic heterocycles. The third-order valence-electron chi connectivity index (χ3n) is 3.71. The Kier molecular flexibility index (Phi) is 1.22. The molecule has 2 nitrogen and oxygen atoms in total. The molecule has 3 rings (SSSR count). The van der Waals surface area contributed by atoms with Gasteiger partial charge in [-0.05, 0) is 24.7 Å². The van der Waals surface area contributed by atoms with Crippen LogP contribution in [-0.4, -0.2) is 18.4 Å². The minimum absolute atomic E-state index is 0.0922. The number of ether oxygens (including phenoxy) is 1. The molecule has 0 aromatic carbocycles. The van der Waals surface area contributed by atoms with Crippen LogP contribution in [0.3, 0.4) is 0 Å². The molecule has 3 saturated carbocycles. The van der Waals surface area contributed by atoms with Gasteiger partial charge in [0.25, 0.3) is 0 Å². The van der Waals surface area contributed by atoms with Crippen molar-refractivity contribution in [2.24, 2.45) is 11.3 Å². The lowest BCUT2D eigenvalue weighted by Gasteiger charge is -2.53. The smallest absolute Gasteiger partial charge is 0.139 e. The van der Waals surface area contributed by atoms with Crippen molar-refractivity contribution in [2.45, 2.75) is 45.1 Å². The van der Waals surface area contributed by atoms with Crippen molar-refractivity contribution in [1.82, 2.24) is 0 Å². The van der Waals surface area contributed by atoms with Crippen LogP contribution in [0.25, 0.3) is 0 Å². The molecule has 3 aliphatic carbocycles. The van der Waals surface area contributed by atoms with Crippen LogP contribution in [0.5, 0.6) is 0 Å².